The number of nitrogens with zero attached hydrogens (tertiary/aromatic N) is 1. The van der Waals surface area contributed by atoms with Crippen LogP contribution in [0.2, 0.25) is 0 Å². The largest absolute Gasteiger partial charge is 0.444 e. The summed E-state index contributed by atoms with van der Waals surface area (Å²) in [6.07, 6.45) is 1.57. The summed E-state index contributed by atoms with van der Waals surface area (Å²) in [6, 6.07) is 0. The van der Waals surface area contributed by atoms with Gasteiger partial charge in [-0.25, -0.2) is 4.79 Å². The molecule has 0 unspecified atom stereocenters. The Kier molecular flexibility index (Phi) is 8.35. The van der Waals surface area contributed by atoms with Crippen LogP contribution in [0, 0.1) is 0 Å². The molecule has 0 radical (unpaired) electrons. The normalized spacial score (nSPS) is 11.6. The minimum absolute atomic E-state index is 0.346. The Morgan fingerprint density at radius 2 is 1.88 bits per heavy atom. The van der Waals surface area contributed by atoms with Gasteiger partial charge in [-0.1, -0.05) is 0 Å². The molecule has 0 saturated heterocycles. The lowest BCUT2D eigenvalue weighted by Gasteiger charge is -2.20. The van der Waals surface area contributed by atoms with Crippen LogP contribution in [0.1, 0.15) is 33.6 Å². The molecule has 0 rings (SSSR count). The number of hydrogen-bond donors (Lipinski definition) is 1. The Morgan fingerprint density at radius 3 is 2.41 bits per heavy atom. The Morgan fingerprint density at radius 1 is 1.29 bits per heavy atom. The first-order valence-electron chi connectivity index (χ1n) is 6.06. The third kappa shape index (κ3) is 11.8. The van der Waals surface area contributed by atoms with Crippen LogP contribution >= 0.6 is 11.6 Å². The molecule has 1 N–H and O–H groups in total. The predicted molar refractivity (Wildman–Crippen MR) is 71.7 cm³/mol. The maximum absolute atomic E-state index is 11.3. The van der Waals surface area contributed by atoms with Gasteiger partial charge in [-0.3, -0.25) is 0 Å². The highest BCUT2D eigenvalue weighted by Crippen LogP contribution is 2.06. The second-order valence-electron chi connectivity index (χ2n) is 5.13. The summed E-state index contributed by atoms with van der Waals surface area (Å²) in [4.78, 5) is 13.5. The standard InChI is InChI=1S/C12H25ClN2O2/c1-12(2,3)17-11(16)14-8-6-10-15(4)9-5-7-13/h5-10H2,1-4H3,(H,14,16). The minimum atomic E-state index is -0.429. The van der Waals surface area contributed by atoms with E-state index in [1.165, 1.54) is 0 Å². The Hall–Kier alpha value is -0.480. The summed E-state index contributed by atoms with van der Waals surface area (Å²) in [5, 5.41) is 2.74. The van der Waals surface area contributed by atoms with Crippen molar-refractivity contribution < 1.29 is 9.53 Å². The number of nitrogens with one attached hydrogen (secondary N) is 1. The quantitative estimate of drug-likeness (QED) is 0.567. The Bertz CT molecular complexity index is 217. The second kappa shape index (κ2) is 8.59. The van der Waals surface area contributed by atoms with E-state index in [-0.39, 0.29) is 6.09 Å². The summed E-state index contributed by atoms with van der Waals surface area (Å²) in [5.74, 6) is 0.695. The number of alkyl carbamates (subject to hydrolysis) is 1. The first kappa shape index (κ1) is 16.5. The van der Waals surface area contributed by atoms with Crippen molar-refractivity contribution >= 4 is 17.7 Å². The van der Waals surface area contributed by atoms with Gasteiger partial charge in [0.2, 0.25) is 0 Å². The number of rotatable bonds is 7. The van der Waals surface area contributed by atoms with Crippen molar-refractivity contribution in [2.45, 2.75) is 39.2 Å². The molecular formula is C12H25ClN2O2. The topological polar surface area (TPSA) is 41.6 Å². The minimum Gasteiger partial charge on any atom is -0.444 e. The van der Waals surface area contributed by atoms with Crippen molar-refractivity contribution in [2.75, 3.05) is 32.6 Å². The molecule has 0 heterocycles. The molecule has 5 heteroatoms. The molecule has 102 valence electrons. The van der Waals surface area contributed by atoms with Crippen molar-refractivity contribution in [3.8, 4) is 0 Å². The molecule has 0 spiro atoms. The molecule has 0 fully saturated rings. The summed E-state index contributed by atoms with van der Waals surface area (Å²) in [5.41, 5.74) is -0.429. The highest BCUT2D eigenvalue weighted by molar-refractivity contribution is 6.17. The Balaban J connectivity index is 3.48. The van der Waals surface area contributed by atoms with E-state index < -0.39 is 5.60 Å². The van der Waals surface area contributed by atoms with Crippen LogP contribution in [0.4, 0.5) is 4.79 Å². The van der Waals surface area contributed by atoms with Crippen LogP contribution in [0.3, 0.4) is 0 Å². The molecule has 1 amide bonds. The number of halogens is 1. The number of hydrogen-bond acceptors (Lipinski definition) is 3. The van der Waals surface area contributed by atoms with E-state index >= 15 is 0 Å². The van der Waals surface area contributed by atoms with E-state index in [1.54, 1.807) is 0 Å². The Labute approximate surface area is 110 Å². The van der Waals surface area contributed by atoms with Crippen molar-refractivity contribution in [1.82, 2.24) is 10.2 Å². The molecule has 0 aromatic rings. The van der Waals surface area contributed by atoms with Crippen molar-refractivity contribution in [3.63, 3.8) is 0 Å². The second-order valence-corrected chi connectivity index (χ2v) is 5.51. The molecule has 0 bridgehead atoms. The maximum Gasteiger partial charge on any atom is 0.407 e. The average molecular weight is 265 g/mol. The molecule has 0 aliphatic heterocycles. The van der Waals surface area contributed by atoms with Gasteiger partial charge in [0.1, 0.15) is 5.60 Å². The zero-order valence-corrected chi connectivity index (χ0v) is 12.1. The molecule has 0 atom stereocenters. The zero-order valence-electron chi connectivity index (χ0n) is 11.4. The van der Waals surface area contributed by atoms with Crippen LogP contribution in [-0.4, -0.2) is 49.2 Å². The fourth-order valence-electron chi connectivity index (χ4n) is 1.30. The molecule has 0 aromatic carbocycles. The van der Waals surface area contributed by atoms with Crippen molar-refractivity contribution in [1.29, 1.82) is 0 Å². The highest BCUT2D eigenvalue weighted by atomic mass is 35.5. The summed E-state index contributed by atoms with van der Waals surface area (Å²) in [6.45, 7) is 8.15. The lowest BCUT2D eigenvalue weighted by atomic mass is 10.2. The van der Waals surface area contributed by atoms with Gasteiger partial charge in [-0.15, -0.1) is 11.6 Å². The number of carbonyl (C=O) groups is 1. The third-order valence-corrected chi connectivity index (χ3v) is 2.33. The number of amides is 1. The van der Waals surface area contributed by atoms with E-state index in [0.29, 0.717) is 12.4 Å². The SMILES string of the molecule is CN(CCCCl)CCCNC(=O)OC(C)(C)C. The highest BCUT2D eigenvalue weighted by Gasteiger charge is 2.15. The van der Waals surface area contributed by atoms with Crippen LogP contribution in [-0.2, 0) is 4.74 Å². The molecule has 0 aromatic heterocycles. The average Bonchev–Trinajstić information content (AvgIpc) is 2.19. The van der Waals surface area contributed by atoms with Gasteiger partial charge in [0.15, 0.2) is 0 Å². The van der Waals surface area contributed by atoms with Crippen molar-refractivity contribution in [3.05, 3.63) is 0 Å². The maximum atomic E-state index is 11.3. The number of alkyl halides is 1. The summed E-state index contributed by atoms with van der Waals surface area (Å²) >= 11 is 5.61. The number of ether oxygens (including phenoxy) is 1. The van der Waals surface area contributed by atoms with E-state index in [1.807, 2.05) is 20.8 Å². The fraction of sp³-hybridized carbons (Fsp3) is 0.917. The van der Waals surface area contributed by atoms with Gasteiger partial charge >= 0.3 is 6.09 Å². The number of carbonyl (C=O) groups excluding carboxylic acids is 1. The monoisotopic (exact) mass is 264 g/mol. The molecule has 0 aliphatic rings. The van der Waals surface area contributed by atoms with Gasteiger partial charge in [0, 0.05) is 12.4 Å². The summed E-state index contributed by atoms with van der Waals surface area (Å²) < 4.78 is 5.13. The van der Waals surface area contributed by atoms with Crippen molar-refractivity contribution in [2.24, 2.45) is 0 Å². The van der Waals surface area contributed by atoms with Gasteiger partial charge in [0.05, 0.1) is 0 Å². The molecular weight excluding hydrogens is 240 g/mol. The first-order valence-corrected chi connectivity index (χ1v) is 6.60. The van der Waals surface area contributed by atoms with E-state index in [4.69, 9.17) is 16.3 Å². The van der Waals surface area contributed by atoms with E-state index in [2.05, 4.69) is 17.3 Å². The third-order valence-electron chi connectivity index (χ3n) is 2.06. The van der Waals surface area contributed by atoms with Crippen LogP contribution in [0.5, 0.6) is 0 Å². The molecule has 0 saturated carbocycles. The van der Waals surface area contributed by atoms with Gasteiger partial charge in [-0.2, -0.15) is 0 Å². The zero-order chi connectivity index (χ0) is 13.3. The van der Waals surface area contributed by atoms with Crippen LogP contribution < -0.4 is 5.32 Å². The smallest absolute Gasteiger partial charge is 0.407 e. The van der Waals surface area contributed by atoms with Gasteiger partial charge in [-0.05, 0) is 53.8 Å². The predicted octanol–water partition coefficient (Wildman–Crippen LogP) is 2.46. The van der Waals surface area contributed by atoms with Gasteiger partial charge in [0.25, 0.3) is 0 Å². The molecule has 0 aliphatic carbocycles. The lowest BCUT2D eigenvalue weighted by molar-refractivity contribution is 0.0526. The fourth-order valence-corrected chi connectivity index (χ4v) is 1.41. The lowest BCUT2D eigenvalue weighted by Crippen LogP contribution is -2.34. The van der Waals surface area contributed by atoms with E-state index in [9.17, 15) is 4.79 Å². The van der Waals surface area contributed by atoms with Crippen LogP contribution in [0.15, 0.2) is 0 Å². The first-order chi connectivity index (χ1) is 7.85. The molecule has 4 nitrogen and oxygen atoms in total. The summed E-state index contributed by atoms with van der Waals surface area (Å²) in [7, 11) is 2.06. The van der Waals surface area contributed by atoms with Crippen LogP contribution in [0.25, 0.3) is 0 Å². The van der Waals surface area contributed by atoms with Gasteiger partial charge < -0.3 is 15.0 Å². The molecule has 17 heavy (non-hydrogen) atoms. The van der Waals surface area contributed by atoms with E-state index in [0.717, 1.165) is 25.9 Å².